The van der Waals surface area contributed by atoms with Gasteiger partial charge in [-0.3, -0.25) is 4.79 Å². The third-order valence-corrected chi connectivity index (χ3v) is 5.44. The molecule has 25 heavy (non-hydrogen) atoms. The highest BCUT2D eigenvalue weighted by atomic mass is 16.5. The number of benzene rings is 1. The van der Waals surface area contributed by atoms with Crippen molar-refractivity contribution >= 4 is 11.5 Å². The van der Waals surface area contributed by atoms with Gasteiger partial charge in [-0.05, 0) is 25.0 Å². The maximum Gasteiger partial charge on any atom is 0.312 e. The normalized spacial score (nSPS) is 25.2. The molecule has 1 aliphatic carbocycles. The summed E-state index contributed by atoms with van der Waals surface area (Å²) in [5.74, 6) is -0.858. The van der Waals surface area contributed by atoms with Gasteiger partial charge in [-0.25, -0.2) is 0 Å². The van der Waals surface area contributed by atoms with E-state index in [1.54, 1.807) is 13.8 Å². The maximum absolute atomic E-state index is 11.9. The van der Waals surface area contributed by atoms with Gasteiger partial charge in [0.15, 0.2) is 0 Å². The van der Waals surface area contributed by atoms with Gasteiger partial charge in [-0.15, -0.1) is 0 Å². The van der Waals surface area contributed by atoms with Crippen LogP contribution >= 0.6 is 0 Å². The van der Waals surface area contributed by atoms with Crippen molar-refractivity contribution in [2.75, 3.05) is 19.8 Å². The van der Waals surface area contributed by atoms with Gasteiger partial charge in [0.25, 0.3) is 0 Å². The van der Waals surface area contributed by atoms with Crippen molar-refractivity contribution in [1.29, 1.82) is 0 Å². The van der Waals surface area contributed by atoms with E-state index in [2.05, 4.69) is 25.1 Å². The Bertz CT molecular complexity index is 698. The summed E-state index contributed by atoms with van der Waals surface area (Å²) in [5.41, 5.74) is 0.289. The summed E-state index contributed by atoms with van der Waals surface area (Å²) < 4.78 is 11.6. The van der Waals surface area contributed by atoms with Gasteiger partial charge in [-0.2, -0.15) is 0 Å². The summed E-state index contributed by atoms with van der Waals surface area (Å²) in [6.45, 7) is 7.39. The molecule has 4 heteroatoms. The molecule has 0 bridgehead atoms. The Morgan fingerprint density at radius 2 is 1.96 bits per heavy atom. The second-order valence-corrected chi connectivity index (χ2v) is 7.97. The molecule has 0 spiro atoms. The summed E-state index contributed by atoms with van der Waals surface area (Å²) in [7, 11) is 0. The number of carboxylic acids is 1. The summed E-state index contributed by atoms with van der Waals surface area (Å²) in [5, 5.41) is 9.78. The molecule has 1 aliphatic heterocycles. The molecule has 1 atom stereocenters. The molecule has 3 rings (SSSR count). The first-order valence-corrected chi connectivity index (χ1v) is 8.68. The van der Waals surface area contributed by atoms with Crippen LogP contribution in [0.5, 0.6) is 0 Å². The van der Waals surface area contributed by atoms with Gasteiger partial charge >= 0.3 is 5.97 Å². The molecule has 0 amide bonds. The third-order valence-electron chi connectivity index (χ3n) is 5.44. The van der Waals surface area contributed by atoms with Gasteiger partial charge in [0.1, 0.15) is 5.60 Å². The van der Waals surface area contributed by atoms with E-state index in [1.165, 1.54) is 0 Å². The van der Waals surface area contributed by atoms with Gasteiger partial charge < -0.3 is 14.6 Å². The van der Waals surface area contributed by atoms with Crippen LogP contribution in [0.3, 0.4) is 0 Å². The average Bonchev–Trinajstić information content (AvgIpc) is 2.59. The lowest BCUT2D eigenvalue weighted by atomic mass is 9.70. The molecular formula is C21H26O4. The fraction of sp³-hybridized carbons (Fsp3) is 0.476. The van der Waals surface area contributed by atoms with Crippen LogP contribution in [0, 0.1) is 10.8 Å². The molecule has 0 saturated carbocycles. The van der Waals surface area contributed by atoms with E-state index in [4.69, 9.17) is 9.47 Å². The lowest BCUT2D eigenvalue weighted by molar-refractivity contribution is -0.192. The van der Waals surface area contributed by atoms with E-state index >= 15 is 0 Å². The van der Waals surface area contributed by atoms with Crippen LogP contribution in [0.25, 0.3) is 5.57 Å². The van der Waals surface area contributed by atoms with Crippen LogP contribution in [-0.4, -0.2) is 36.5 Å². The number of allylic oxidation sites excluding steroid dienone is 2. The number of carbonyl (C=O) groups is 1. The molecule has 1 aromatic rings. The summed E-state index contributed by atoms with van der Waals surface area (Å²) in [6, 6.07) is 10.1. The number of aliphatic carboxylic acids is 1. The van der Waals surface area contributed by atoms with Crippen LogP contribution in [0.15, 0.2) is 48.6 Å². The zero-order valence-electron chi connectivity index (χ0n) is 15.1. The van der Waals surface area contributed by atoms with Crippen LogP contribution in [-0.2, 0) is 14.3 Å². The molecule has 1 aromatic carbocycles. The smallest absolute Gasteiger partial charge is 0.312 e. The Morgan fingerprint density at radius 3 is 2.44 bits per heavy atom. The third kappa shape index (κ3) is 3.29. The van der Waals surface area contributed by atoms with Crippen molar-refractivity contribution in [3.8, 4) is 0 Å². The number of carboxylic acid groups (broad SMARTS) is 1. The summed E-state index contributed by atoms with van der Waals surface area (Å²) in [4.78, 5) is 11.9. The number of hydrogen-bond acceptors (Lipinski definition) is 3. The lowest BCUT2D eigenvalue weighted by Gasteiger charge is -2.46. The molecule has 2 aliphatic rings. The number of hydrogen-bond donors (Lipinski definition) is 1. The average molecular weight is 342 g/mol. The first-order chi connectivity index (χ1) is 11.8. The lowest BCUT2D eigenvalue weighted by Crippen LogP contribution is -2.54. The predicted octanol–water partition coefficient (Wildman–Crippen LogP) is 3.93. The van der Waals surface area contributed by atoms with E-state index < -0.39 is 17.0 Å². The van der Waals surface area contributed by atoms with Crippen molar-refractivity contribution in [2.24, 2.45) is 10.8 Å². The van der Waals surface area contributed by atoms with Gasteiger partial charge in [0.2, 0.25) is 0 Å². The van der Waals surface area contributed by atoms with Crippen molar-refractivity contribution in [3.05, 3.63) is 54.1 Å². The van der Waals surface area contributed by atoms with Crippen LogP contribution in [0.2, 0.25) is 0 Å². The summed E-state index contributed by atoms with van der Waals surface area (Å²) >= 11 is 0. The SMILES string of the molecule is CC1(COC2(C(C)(C)C(=O)O)C=CC(c3ccccc3)=CC2)COC1. The van der Waals surface area contributed by atoms with Gasteiger partial charge in [0, 0.05) is 11.8 Å². The van der Waals surface area contributed by atoms with Crippen molar-refractivity contribution in [2.45, 2.75) is 32.8 Å². The van der Waals surface area contributed by atoms with E-state index in [1.807, 2.05) is 30.4 Å². The fourth-order valence-corrected chi connectivity index (χ4v) is 3.24. The van der Waals surface area contributed by atoms with Gasteiger partial charge in [0.05, 0.1) is 25.2 Å². The van der Waals surface area contributed by atoms with Crippen molar-refractivity contribution in [1.82, 2.24) is 0 Å². The van der Waals surface area contributed by atoms with Gasteiger partial charge in [-0.1, -0.05) is 55.5 Å². The minimum absolute atomic E-state index is 0.0289. The molecule has 0 radical (unpaired) electrons. The molecule has 1 N–H and O–H groups in total. The molecule has 134 valence electrons. The van der Waals surface area contributed by atoms with Crippen molar-refractivity contribution < 1.29 is 19.4 Å². The zero-order chi connectivity index (χ0) is 18.1. The first-order valence-electron chi connectivity index (χ1n) is 8.68. The molecule has 4 nitrogen and oxygen atoms in total. The highest BCUT2D eigenvalue weighted by Gasteiger charge is 2.51. The van der Waals surface area contributed by atoms with Crippen molar-refractivity contribution in [3.63, 3.8) is 0 Å². The first kappa shape index (κ1) is 17.9. The van der Waals surface area contributed by atoms with E-state index in [0.717, 1.165) is 11.1 Å². The summed E-state index contributed by atoms with van der Waals surface area (Å²) in [6.07, 6.45) is 6.54. The maximum atomic E-state index is 11.9. The minimum Gasteiger partial charge on any atom is -0.481 e. The number of ether oxygens (including phenoxy) is 2. The molecule has 0 aromatic heterocycles. The molecule has 1 heterocycles. The Kier molecular flexibility index (Phi) is 4.60. The highest BCUT2D eigenvalue weighted by molar-refractivity contribution is 5.79. The Labute approximate surface area is 149 Å². The van der Waals surface area contributed by atoms with Crippen LogP contribution in [0.4, 0.5) is 0 Å². The largest absolute Gasteiger partial charge is 0.481 e. The van der Waals surface area contributed by atoms with E-state index in [9.17, 15) is 9.90 Å². The van der Waals surface area contributed by atoms with E-state index in [-0.39, 0.29) is 5.41 Å². The second-order valence-electron chi connectivity index (χ2n) is 7.97. The second kappa shape index (κ2) is 6.43. The standard InChI is InChI=1S/C21H26O4/c1-19(2,18(22)23)21(25-15-20(3)13-24-14-20)11-9-17(10-12-21)16-7-5-4-6-8-16/h4-11H,12-15H2,1-3H3,(H,22,23). The van der Waals surface area contributed by atoms with E-state index in [0.29, 0.717) is 26.2 Å². The fourth-order valence-electron chi connectivity index (χ4n) is 3.24. The monoisotopic (exact) mass is 342 g/mol. The molecular weight excluding hydrogens is 316 g/mol. The predicted molar refractivity (Wildman–Crippen MR) is 97.2 cm³/mol. The highest BCUT2D eigenvalue weighted by Crippen LogP contribution is 2.44. The van der Waals surface area contributed by atoms with Crippen LogP contribution < -0.4 is 0 Å². The minimum atomic E-state index is -1.04. The topological polar surface area (TPSA) is 55.8 Å². The van der Waals surface area contributed by atoms with Crippen LogP contribution in [0.1, 0.15) is 32.8 Å². The zero-order valence-corrected chi connectivity index (χ0v) is 15.1. The Morgan fingerprint density at radius 1 is 1.28 bits per heavy atom. The Balaban J connectivity index is 1.85. The quantitative estimate of drug-likeness (QED) is 0.851. The molecule has 1 unspecified atom stereocenters. The molecule has 1 fully saturated rings. The number of rotatable bonds is 6. The Hall–Kier alpha value is -1.91. The molecule has 1 saturated heterocycles.